The van der Waals surface area contributed by atoms with Crippen molar-refractivity contribution < 1.29 is 14.3 Å². The molecule has 0 heterocycles. The minimum absolute atomic E-state index is 0. The van der Waals surface area contributed by atoms with E-state index < -0.39 is 6.03 Å². The smallest absolute Gasteiger partial charge is 0.319 e. The number of hydrogen-bond donors (Lipinski definition) is 4. The van der Waals surface area contributed by atoms with Gasteiger partial charge in [0.05, 0.1) is 13.2 Å². The lowest BCUT2D eigenvalue weighted by molar-refractivity contribution is -0.120. The van der Waals surface area contributed by atoms with Gasteiger partial charge in [-0.3, -0.25) is 4.79 Å². The van der Waals surface area contributed by atoms with Gasteiger partial charge in [-0.2, -0.15) is 0 Å². The molecule has 0 radical (unpaired) electrons. The molecule has 4 N–H and O–H groups in total. The largest absolute Gasteiger partial charge is 0.383 e. The Morgan fingerprint density at radius 1 is 1.13 bits per heavy atom. The molecule has 0 unspecified atom stereocenters. The topological polar surface area (TPSA) is 91.5 Å². The highest BCUT2D eigenvalue weighted by atomic mass is 35.5. The van der Waals surface area contributed by atoms with Crippen molar-refractivity contribution in [3.63, 3.8) is 0 Å². The minimum atomic E-state index is -0.404. The first-order valence-electron chi connectivity index (χ1n) is 7.19. The van der Waals surface area contributed by atoms with Crippen LogP contribution in [0.3, 0.4) is 0 Å². The van der Waals surface area contributed by atoms with Crippen LogP contribution in [-0.2, 0) is 9.53 Å². The summed E-state index contributed by atoms with van der Waals surface area (Å²) in [4.78, 5) is 23.2. The predicted octanol–water partition coefficient (Wildman–Crippen LogP) is 0.891. The van der Waals surface area contributed by atoms with Gasteiger partial charge in [0.2, 0.25) is 5.91 Å². The summed E-state index contributed by atoms with van der Waals surface area (Å²) in [5.41, 5.74) is 1.75. The van der Waals surface area contributed by atoms with E-state index in [4.69, 9.17) is 4.74 Å². The number of anilines is 1. The third-order valence-electron chi connectivity index (χ3n) is 2.79. The van der Waals surface area contributed by atoms with Crippen molar-refractivity contribution in [1.29, 1.82) is 0 Å². The first kappa shape index (κ1) is 21.2. The number of urea groups is 1. The average molecular weight is 345 g/mol. The van der Waals surface area contributed by atoms with Crippen LogP contribution in [0.1, 0.15) is 5.56 Å². The molecule has 8 heteroatoms. The van der Waals surface area contributed by atoms with Gasteiger partial charge >= 0.3 is 6.03 Å². The van der Waals surface area contributed by atoms with Crippen LogP contribution in [0.15, 0.2) is 24.3 Å². The molecule has 0 bridgehead atoms. The number of benzene rings is 1. The molecule has 0 aliphatic rings. The zero-order valence-electron chi connectivity index (χ0n) is 13.5. The predicted molar refractivity (Wildman–Crippen MR) is 93.2 cm³/mol. The van der Waals surface area contributed by atoms with Crippen LogP contribution in [-0.4, -0.2) is 51.8 Å². The zero-order valence-corrected chi connectivity index (χ0v) is 14.3. The van der Waals surface area contributed by atoms with Gasteiger partial charge in [-0.1, -0.05) is 12.1 Å². The van der Waals surface area contributed by atoms with Gasteiger partial charge in [-0.05, 0) is 24.6 Å². The van der Waals surface area contributed by atoms with Gasteiger partial charge in [0.15, 0.2) is 0 Å². The summed E-state index contributed by atoms with van der Waals surface area (Å²) in [6.45, 7) is 4.42. The molecule has 3 amide bonds. The van der Waals surface area contributed by atoms with E-state index in [2.05, 4.69) is 21.3 Å². The minimum Gasteiger partial charge on any atom is -0.383 e. The van der Waals surface area contributed by atoms with E-state index in [0.717, 1.165) is 12.1 Å². The third-order valence-corrected chi connectivity index (χ3v) is 2.79. The quantitative estimate of drug-likeness (QED) is 0.501. The van der Waals surface area contributed by atoms with Crippen molar-refractivity contribution in [2.45, 2.75) is 6.92 Å². The molecule has 0 saturated carbocycles. The number of halogens is 1. The highest BCUT2D eigenvalue weighted by molar-refractivity contribution is 5.92. The van der Waals surface area contributed by atoms with Gasteiger partial charge in [-0.15, -0.1) is 12.4 Å². The van der Waals surface area contributed by atoms with Crippen molar-refractivity contribution >= 4 is 30.0 Å². The van der Waals surface area contributed by atoms with E-state index in [0.29, 0.717) is 25.4 Å². The van der Waals surface area contributed by atoms with Gasteiger partial charge in [0.25, 0.3) is 0 Å². The highest BCUT2D eigenvalue weighted by Gasteiger charge is 2.05. The lowest BCUT2D eigenvalue weighted by Crippen LogP contribution is -2.41. The number of hydrogen-bond acceptors (Lipinski definition) is 4. The lowest BCUT2D eigenvalue weighted by atomic mass is 10.2. The number of aryl methyl sites for hydroxylation is 1. The molecule has 1 aromatic carbocycles. The molecule has 0 saturated heterocycles. The van der Waals surface area contributed by atoms with Gasteiger partial charge in [0, 0.05) is 32.4 Å². The molecular formula is C15H25ClN4O3. The molecule has 0 spiro atoms. The first-order valence-corrected chi connectivity index (χ1v) is 7.19. The molecule has 130 valence electrons. The molecule has 0 atom stereocenters. The number of amides is 3. The summed E-state index contributed by atoms with van der Waals surface area (Å²) in [6.07, 6.45) is 0. The number of carbonyl (C=O) groups excluding carboxylic acids is 2. The molecule has 7 nitrogen and oxygen atoms in total. The van der Waals surface area contributed by atoms with Crippen molar-refractivity contribution in [1.82, 2.24) is 16.0 Å². The zero-order chi connectivity index (χ0) is 16.2. The molecule has 23 heavy (non-hydrogen) atoms. The summed E-state index contributed by atoms with van der Waals surface area (Å²) >= 11 is 0. The van der Waals surface area contributed by atoms with Gasteiger partial charge < -0.3 is 26.0 Å². The monoisotopic (exact) mass is 344 g/mol. The normalized spacial score (nSPS) is 9.65. The Bertz CT molecular complexity index is 486. The van der Waals surface area contributed by atoms with Crippen LogP contribution in [0.25, 0.3) is 0 Å². The fourth-order valence-electron chi connectivity index (χ4n) is 1.71. The molecule has 0 fully saturated rings. The lowest BCUT2D eigenvalue weighted by Gasteiger charge is -2.09. The summed E-state index contributed by atoms with van der Waals surface area (Å²) in [5.74, 6) is -0.229. The molecule has 0 aliphatic heterocycles. The Labute approximate surface area is 143 Å². The number of ether oxygens (including phenoxy) is 1. The van der Waals surface area contributed by atoms with Crippen LogP contribution >= 0.6 is 12.4 Å². The maximum atomic E-state index is 11.6. The Balaban J connectivity index is 0.00000484. The Morgan fingerprint density at radius 2 is 1.91 bits per heavy atom. The second kappa shape index (κ2) is 12.7. The second-order valence-electron chi connectivity index (χ2n) is 4.77. The van der Waals surface area contributed by atoms with Crippen LogP contribution < -0.4 is 21.3 Å². The Morgan fingerprint density at radius 3 is 2.61 bits per heavy atom. The number of rotatable bonds is 9. The van der Waals surface area contributed by atoms with E-state index in [1.165, 1.54) is 0 Å². The maximum Gasteiger partial charge on any atom is 0.319 e. The summed E-state index contributed by atoms with van der Waals surface area (Å²) in [7, 11) is 1.64. The van der Waals surface area contributed by atoms with E-state index >= 15 is 0 Å². The van der Waals surface area contributed by atoms with Gasteiger partial charge in [-0.25, -0.2) is 4.79 Å². The highest BCUT2D eigenvalue weighted by Crippen LogP contribution is 2.08. The van der Waals surface area contributed by atoms with E-state index in [1.54, 1.807) is 13.2 Å². The van der Waals surface area contributed by atoms with E-state index in [1.807, 2.05) is 25.1 Å². The Kier molecular flexibility index (Phi) is 11.7. The van der Waals surface area contributed by atoms with E-state index in [-0.39, 0.29) is 24.9 Å². The van der Waals surface area contributed by atoms with Crippen molar-refractivity contribution in [3.8, 4) is 0 Å². The van der Waals surface area contributed by atoms with Crippen molar-refractivity contribution in [2.24, 2.45) is 0 Å². The molecular weight excluding hydrogens is 320 g/mol. The number of nitrogens with one attached hydrogen (secondary N) is 4. The van der Waals surface area contributed by atoms with Crippen molar-refractivity contribution in [3.05, 3.63) is 29.8 Å². The number of carbonyl (C=O) groups is 2. The average Bonchev–Trinajstić information content (AvgIpc) is 2.49. The molecule has 1 aromatic rings. The molecule has 0 aliphatic carbocycles. The van der Waals surface area contributed by atoms with Gasteiger partial charge in [0.1, 0.15) is 0 Å². The molecule has 0 aromatic heterocycles. The van der Waals surface area contributed by atoms with Crippen LogP contribution in [0, 0.1) is 6.92 Å². The summed E-state index contributed by atoms with van der Waals surface area (Å²) in [5, 5.41) is 11.0. The Hall–Kier alpha value is -1.83. The van der Waals surface area contributed by atoms with Crippen LogP contribution in [0.4, 0.5) is 10.5 Å². The third kappa shape index (κ3) is 10.5. The number of methoxy groups -OCH3 is 1. The SMILES string of the molecule is COCCNCCNC(=O)CNC(=O)Nc1cccc(C)c1.Cl. The maximum absolute atomic E-state index is 11.6. The van der Waals surface area contributed by atoms with E-state index in [9.17, 15) is 9.59 Å². The summed E-state index contributed by atoms with van der Waals surface area (Å²) < 4.78 is 4.89. The summed E-state index contributed by atoms with van der Waals surface area (Å²) in [6, 6.07) is 7.04. The standard InChI is InChI=1S/C15H24N4O3.ClH/c1-12-4-3-5-13(10-12)19-15(21)18-11-14(20)17-7-6-16-8-9-22-2;/h3-5,10,16H,6-9,11H2,1-2H3,(H,17,20)(H2,18,19,21);1H. The molecule has 1 rings (SSSR count). The van der Waals surface area contributed by atoms with Crippen LogP contribution in [0.2, 0.25) is 0 Å². The second-order valence-corrected chi connectivity index (χ2v) is 4.77. The first-order chi connectivity index (χ1) is 10.6. The van der Waals surface area contributed by atoms with Crippen LogP contribution in [0.5, 0.6) is 0 Å². The fourth-order valence-corrected chi connectivity index (χ4v) is 1.71. The van der Waals surface area contributed by atoms with Crippen molar-refractivity contribution in [2.75, 3.05) is 45.2 Å². The fraction of sp³-hybridized carbons (Fsp3) is 0.467.